The van der Waals surface area contributed by atoms with Crippen molar-refractivity contribution in [3.05, 3.63) is 39.6 Å². The largest absolute Gasteiger partial charge is 0.361 e. The predicted molar refractivity (Wildman–Crippen MR) is 69.7 cm³/mol. The van der Waals surface area contributed by atoms with E-state index in [1.807, 2.05) is 0 Å². The Morgan fingerprint density at radius 2 is 2.44 bits per heavy atom. The molecule has 0 atom stereocenters. The minimum Gasteiger partial charge on any atom is -0.361 e. The summed E-state index contributed by atoms with van der Waals surface area (Å²) in [6.07, 6.45) is 4.66. The van der Waals surface area contributed by atoms with E-state index < -0.39 is 0 Å². The lowest BCUT2D eigenvalue weighted by Gasteiger charge is -2.15. The molecule has 0 aromatic carbocycles. The van der Waals surface area contributed by atoms with Crippen LogP contribution in [-0.2, 0) is 0 Å². The predicted octanol–water partition coefficient (Wildman–Crippen LogP) is 1.63. The van der Waals surface area contributed by atoms with Crippen molar-refractivity contribution in [3.8, 4) is 0 Å². The summed E-state index contributed by atoms with van der Waals surface area (Å²) < 4.78 is 0. The topological polar surface area (TPSA) is 80.1 Å². The number of nitrogens with zero attached hydrogens (tertiary/aromatic N) is 2. The number of aromatic nitrogens is 1. The average Bonchev–Trinajstić information content (AvgIpc) is 2.37. The number of nitrogens with one attached hydrogen (secondary N) is 2. The third-order valence-electron chi connectivity index (χ3n) is 2.95. The second-order valence-electron chi connectivity index (χ2n) is 4.25. The Morgan fingerprint density at radius 1 is 1.61 bits per heavy atom. The molecule has 1 aliphatic heterocycles. The minimum atomic E-state index is -0.387. The van der Waals surface area contributed by atoms with Gasteiger partial charge >= 0.3 is 5.69 Å². The number of hydrogen-bond donors (Lipinski definition) is 2. The molecule has 0 saturated carbocycles. The molecule has 0 radical (unpaired) electrons. The number of rotatable bonds is 4. The second-order valence-corrected chi connectivity index (χ2v) is 4.25. The van der Waals surface area contributed by atoms with E-state index in [-0.39, 0.29) is 10.6 Å². The van der Waals surface area contributed by atoms with Gasteiger partial charge in [0.1, 0.15) is 0 Å². The molecule has 0 fully saturated rings. The lowest BCUT2D eigenvalue weighted by atomic mass is 10.1. The van der Waals surface area contributed by atoms with Crippen molar-refractivity contribution < 1.29 is 4.92 Å². The highest BCUT2D eigenvalue weighted by atomic mass is 16.6. The van der Waals surface area contributed by atoms with Gasteiger partial charge in [0.05, 0.1) is 4.92 Å². The number of anilines is 1. The molecule has 2 N–H and O–H groups in total. The van der Waals surface area contributed by atoms with Crippen molar-refractivity contribution in [3.63, 3.8) is 0 Å². The van der Waals surface area contributed by atoms with E-state index in [2.05, 4.69) is 21.7 Å². The van der Waals surface area contributed by atoms with Crippen LogP contribution in [0.25, 0.3) is 0 Å². The molecule has 2 heterocycles. The molecule has 2 rings (SSSR count). The smallest absolute Gasteiger partial charge is 0.314 e. The Balaban J connectivity index is 2.11. The van der Waals surface area contributed by atoms with E-state index in [0.29, 0.717) is 17.9 Å². The van der Waals surface area contributed by atoms with Gasteiger partial charge in [-0.15, -0.1) is 0 Å². The zero-order valence-electron chi connectivity index (χ0n) is 10.3. The highest BCUT2D eigenvalue weighted by Crippen LogP contribution is 2.25. The summed E-state index contributed by atoms with van der Waals surface area (Å²) in [7, 11) is 0. The fourth-order valence-electron chi connectivity index (χ4n) is 1.94. The quantitative estimate of drug-likeness (QED) is 0.481. The summed E-state index contributed by atoms with van der Waals surface area (Å²) in [5, 5.41) is 17.3. The van der Waals surface area contributed by atoms with Crippen LogP contribution in [0.5, 0.6) is 0 Å². The Bertz CT molecular complexity index is 485. The molecule has 6 heteroatoms. The fourth-order valence-corrected chi connectivity index (χ4v) is 1.94. The van der Waals surface area contributed by atoms with E-state index in [1.165, 1.54) is 5.57 Å². The van der Waals surface area contributed by atoms with Gasteiger partial charge in [0.15, 0.2) is 0 Å². The molecule has 1 aromatic heterocycles. The van der Waals surface area contributed by atoms with Crippen LogP contribution in [0.2, 0.25) is 0 Å². The lowest BCUT2D eigenvalue weighted by molar-refractivity contribution is -0.384. The molecule has 96 valence electrons. The Hall–Kier alpha value is -1.95. The normalized spacial score (nSPS) is 15.1. The summed E-state index contributed by atoms with van der Waals surface area (Å²) in [5.41, 5.74) is 1.94. The van der Waals surface area contributed by atoms with Crippen molar-refractivity contribution in [2.75, 3.05) is 25.0 Å². The maximum absolute atomic E-state index is 11.0. The van der Waals surface area contributed by atoms with Crippen LogP contribution >= 0.6 is 0 Å². The van der Waals surface area contributed by atoms with Crippen molar-refractivity contribution in [1.82, 2.24) is 10.3 Å². The third-order valence-corrected chi connectivity index (χ3v) is 2.95. The number of nitro groups is 1. The Labute approximate surface area is 105 Å². The van der Waals surface area contributed by atoms with Crippen LogP contribution in [0.1, 0.15) is 12.0 Å². The Kier molecular flexibility index (Phi) is 3.88. The van der Waals surface area contributed by atoms with Crippen molar-refractivity contribution in [2.45, 2.75) is 13.3 Å². The van der Waals surface area contributed by atoms with E-state index >= 15 is 0 Å². The summed E-state index contributed by atoms with van der Waals surface area (Å²) >= 11 is 0. The minimum absolute atomic E-state index is 0.0621. The van der Waals surface area contributed by atoms with Gasteiger partial charge < -0.3 is 10.6 Å². The molecular formula is C12H16N4O2. The van der Waals surface area contributed by atoms with Crippen molar-refractivity contribution in [2.24, 2.45) is 0 Å². The molecule has 18 heavy (non-hydrogen) atoms. The van der Waals surface area contributed by atoms with Gasteiger partial charge in [-0.2, -0.15) is 0 Å². The summed E-state index contributed by atoms with van der Waals surface area (Å²) in [5.74, 6) is 0.347. The van der Waals surface area contributed by atoms with Crippen LogP contribution in [0.15, 0.2) is 23.9 Å². The van der Waals surface area contributed by atoms with Gasteiger partial charge in [-0.25, -0.2) is 4.98 Å². The van der Waals surface area contributed by atoms with Gasteiger partial charge in [-0.1, -0.05) is 11.6 Å². The molecule has 0 unspecified atom stereocenters. The summed E-state index contributed by atoms with van der Waals surface area (Å²) in [4.78, 5) is 14.7. The zero-order valence-corrected chi connectivity index (χ0v) is 10.3. The Morgan fingerprint density at radius 3 is 3.11 bits per heavy atom. The van der Waals surface area contributed by atoms with Crippen LogP contribution in [0.3, 0.4) is 0 Å². The van der Waals surface area contributed by atoms with E-state index in [0.717, 1.165) is 19.5 Å². The number of aryl methyl sites for hydroxylation is 1. The van der Waals surface area contributed by atoms with Crippen LogP contribution in [-0.4, -0.2) is 29.5 Å². The van der Waals surface area contributed by atoms with Crippen LogP contribution < -0.4 is 10.6 Å². The highest BCUT2D eigenvalue weighted by molar-refractivity contribution is 5.60. The van der Waals surface area contributed by atoms with Crippen molar-refractivity contribution in [1.29, 1.82) is 0 Å². The molecule has 0 saturated heterocycles. The van der Waals surface area contributed by atoms with Gasteiger partial charge in [0.25, 0.3) is 0 Å². The summed E-state index contributed by atoms with van der Waals surface area (Å²) in [6.45, 7) is 4.14. The monoisotopic (exact) mass is 248 g/mol. The molecule has 6 nitrogen and oxygen atoms in total. The molecule has 0 aliphatic carbocycles. The third kappa shape index (κ3) is 2.84. The number of pyridine rings is 1. The molecule has 1 aromatic rings. The van der Waals surface area contributed by atoms with E-state index in [9.17, 15) is 10.1 Å². The van der Waals surface area contributed by atoms with E-state index in [1.54, 1.807) is 19.2 Å². The van der Waals surface area contributed by atoms with Gasteiger partial charge in [-0.05, 0) is 26.0 Å². The van der Waals surface area contributed by atoms with Crippen molar-refractivity contribution >= 4 is 11.5 Å². The molecular weight excluding hydrogens is 232 g/mol. The maximum atomic E-state index is 11.0. The fraction of sp³-hybridized carbons (Fsp3) is 0.417. The standard InChI is InChI=1S/C12H16N4O2/c1-9-2-7-14-12(11(9)16(17)18)15-8-10-3-5-13-6-4-10/h2-3,7,13H,4-6,8H2,1H3,(H,14,15). The lowest BCUT2D eigenvalue weighted by Crippen LogP contribution is -2.23. The molecule has 0 amide bonds. The SMILES string of the molecule is Cc1ccnc(NCC2=CCNCC2)c1[N+](=O)[O-]. The molecule has 0 spiro atoms. The average molecular weight is 248 g/mol. The zero-order chi connectivity index (χ0) is 13.0. The van der Waals surface area contributed by atoms with Gasteiger partial charge in [-0.3, -0.25) is 10.1 Å². The first kappa shape index (κ1) is 12.5. The molecule has 1 aliphatic rings. The van der Waals surface area contributed by atoms with Crippen LogP contribution in [0.4, 0.5) is 11.5 Å². The van der Waals surface area contributed by atoms with Gasteiger partial charge in [0, 0.05) is 24.8 Å². The van der Waals surface area contributed by atoms with Crippen LogP contribution in [0, 0.1) is 17.0 Å². The summed E-state index contributed by atoms with van der Waals surface area (Å²) in [6, 6.07) is 1.65. The first-order valence-electron chi connectivity index (χ1n) is 5.91. The second kappa shape index (κ2) is 5.59. The van der Waals surface area contributed by atoms with Gasteiger partial charge in [0.2, 0.25) is 5.82 Å². The first-order valence-corrected chi connectivity index (χ1v) is 5.91. The molecule has 0 bridgehead atoms. The van der Waals surface area contributed by atoms with E-state index in [4.69, 9.17) is 0 Å². The number of hydrogen-bond acceptors (Lipinski definition) is 5. The maximum Gasteiger partial charge on any atom is 0.314 e. The first-order chi connectivity index (χ1) is 8.68. The highest BCUT2D eigenvalue weighted by Gasteiger charge is 2.18.